The Bertz CT molecular complexity index is 407. The Morgan fingerprint density at radius 3 is 2.68 bits per heavy atom. The Labute approximate surface area is 117 Å². The highest BCUT2D eigenvalue weighted by atomic mass is 16.3. The van der Waals surface area contributed by atoms with Crippen molar-refractivity contribution < 1.29 is 5.11 Å². The van der Waals surface area contributed by atoms with Crippen LogP contribution in [-0.4, -0.2) is 5.11 Å². The van der Waals surface area contributed by atoms with Gasteiger partial charge in [0.1, 0.15) is 0 Å². The summed E-state index contributed by atoms with van der Waals surface area (Å²) in [6.07, 6.45) is 8.10. The van der Waals surface area contributed by atoms with E-state index in [1.807, 2.05) is 30.3 Å². The molecule has 1 N–H and O–H groups in total. The third kappa shape index (κ3) is 4.21. The second kappa shape index (κ2) is 6.91. The van der Waals surface area contributed by atoms with E-state index in [1.165, 1.54) is 31.3 Å². The van der Waals surface area contributed by atoms with Crippen LogP contribution in [0.4, 0.5) is 0 Å². The Morgan fingerprint density at radius 2 is 2.05 bits per heavy atom. The fourth-order valence-corrected chi connectivity index (χ4v) is 3.11. The average Bonchev–Trinajstić information content (AvgIpc) is 2.83. The van der Waals surface area contributed by atoms with Gasteiger partial charge in [-0.1, -0.05) is 61.7 Å². The summed E-state index contributed by atoms with van der Waals surface area (Å²) in [6, 6.07) is 9.95. The number of aliphatic hydroxyl groups excluding tert-OH is 1. The zero-order chi connectivity index (χ0) is 13.7. The van der Waals surface area contributed by atoms with E-state index in [0.29, 0.717) is 0 Å². The van der Waals surface area contributed by atoms with Crippen LogP contribution in [0, 0.1) is 11.8 Å². The van der Waals surface area contributed by atoms with E-state index in [4.69, 9.17) is 0 Å². The van der Waals surface area contributed by atoms with E-state index in [1.54, 1.807) is 0 Å². The average molecular weight is 258 g/mol. The van der Waals surface area contributed by atoms with Crippen LogP contribution in [0.15, 0.2) is 42.0 Å². The third-order valence-corrected chi connectivity index (χ3v) is 4.51. The van der Waals surface area contributed by atoms with Gasteiger partial charge < -0.3 is 5.11 Å². The topological polar surface area (TPSA) is 20.2 Å². The molecular weight excluding hydrogens is 232 g/mol. The van der Waals surface area contributed by atoms with Crippen LogP contribution in [0.2, 0.25) is 0 Å². The van der Waals surface area contributed by atoms with Crippen LogP contribution in [0.3, 0.4) is 0 Å². The predicted octanol–water partition coefficient (Wildman–Crippen LogP) is 4.88. The maximum atomic E-state index is 10.2. The maximum absolute atomic E-state index is 10.2. The third-order valence-electron chi connectivity index (χ3n) is 4.51. The van der Waals surface area contributed by atoms with Gasteiger partial charge in [0.05, 0.1) is 6.10 Å². The lowest BCUT2D eigenvalue weighted by Gasteiger charge is -2.14. The van der Waals surface area contributed by atoms with Gasteiger partial charge in [0.2, 0.25) is 0 Å². The van der Waals surface area contributed by atoms with Crippen molar-refractivity contribution in [1.29, 1.82) is 0 Å². The van der Waals surface area contributed by atoms with Crippen molar-refractivity contribution >= 4 is 0 Å². The minimum absolute atomic E-state index is 0.363. The van der Waals surface area contributed by atoms with Crippen LogP contribution >= 0.6 is 0 Å². The molecule has 1 heteroatoms. The van der Waals surface area contributed by atoms with E-state index in [0.717, 1.165) is 23.8 Å². The van der Waals surface area contributed by atoms with Crippen LogP contribution in [-0.2, 0) is 0 Å². The lowest BCUT2D eigenvalue weighted by atomic mass is 9.93. The molecule has 0 spiro atoms. The fraction of sp³-hybridized carbons (Fsp3) is 0.556. The molecule has 1 aliphatic rings. The quantitative estimate of drug-likeness (QED) is 0.746. The fourth-order valence-electron chi connectivity index (χ4n) is 3.11. The Kier molecular flexibility index (Phi) is 5.21. The molecule has 1 aliphatic carbocycles. The molecule has 0 amide bonds. The van der Waals surface area contributed by atoms with Crippen LogP contribution in [0.5, 0.6) is 0 Å². The maximum Gasteiger partial charge on any atom is 0.0827 e. The highest BCUT2D eigenvalue weighted by molar-refractivity contribution is 5.19. The summed E-state index contributed by atoms with van der Waals surface area (Å²) in [4.78, 5) is 0. The van der Waals surface area contributed by atoms with Crippen LogP contribution in [0.25, 0.3) is 0 Å². The summed E-state index contributed by atoms with van der Waals surface area (Å²) in [5.41, 5.74) is 2.33. The van der Waals surface area contributed by atoms with E-state index in [2.05, 4.69) is 19.9 Å². The molecule has 2 rings (SSSR count). The molecule has 1 aromatic rings. The summed E-state index contributed by atoms with van der Waals surface area (Å²) < 4.78 is 0. The van der Waals surface area contributed by atoms with Gasteiger partial charge in [0, 0.05) is 0 Å². The molecule has 3 unspecified atom stereocenters. The van der Waals surface area contributed by atoms with Gasteiger partial charge in [-0.25, -0.2) is 0 Å². The summed E-state index contributed by atoms with van der Waals surface area (Å²) >= 11 is 0. The molecule has 0 aliphatic heterocycles. The van der Waals surface area contributed by atoms with Crippen LogP contribution in [0.1, 0.15) is 57.6 Å². The summed E-state index contributed by atoms with van der Waals surface area (Å²) in [7, 11) is 0. The number of hydrogen-bond acceptors (Lipinski definition) is 1. The van der Waals surface area contributed by atoms with E-state index >= 15 is 0 Å². The SMILES string of the molecule is C/C(=C\CC1CCCC1C)CC(O)c1ccccc1. The largest absolute Gasteiger partial charge is 0.388 e. The molecule has 19 heavy (non-hydrogen) atoms. The number of benzene rings is 1. The van der Waals surface area contributed by atoms with Crippen molar-refractivity contribution in [2.75, 3.05) is 0 Å². The van der Waals surface area contributed by atoms with Crippen molar-refractivity contribution in [2.24, 2.45) is 11.8 Å². The van der Waals surface area contributed by atoms with Gasteiger partial charge in [0.15, 0.2) is 0 Å². The van der Waals surface area contributed by atoms with Crippen molar-refractivity contribution in [3.05, 3.63) is 47.5 Å². The Hall–Kier alpha value is -1.08. The first-order valence-corrected chi connectivity index (χ1v) is 7.55. The van der Waals surface area contributed by atoms with Crippen molar-refractivity contribution in [3.8, 4) is 0 Å². The predicted molar refractivity (Wildman–Crippen MR) is 80.9 cm³/mol. The molecule has 1 fully saturated rings. The minimum Gasteiger partial charge on any atom is -0.388 e. The van der Waals surface area contributed by atoms with Gasteiger partial charge in [-0.15, -0.1) is 0 Å². The van der Waals surface area contributed by atoms with Gasteiger partial charge in [-0.3, -0.25) is 0 Å². The second-order valence-electron chi connectivity index (χ2n) is 6.09. The van der Waals surface area contributed by atoms with Crippen LogP contribution < -0.4 is 0 Å². The molecule has 3 atom stereocenters. The second-order valence-corrected chi connectivity index (χ2v) is 6.09. The van der Waals surface area contributed by atoms with Gasteiger partial charge >= 0.3 is 0 Å². The molecule has 0 heterocycles. The molecule has 0 aromatic heterocycles. The summed E-state index contributed by atoms with van der Waals surface area (Å²) in [5, 5.41) is 10.2. The lowest BCUT2D eigenvalue weighted by Crippen LogP contribution is -2.03. The first kappa shape index (κ1) is 14.3. The van der Waals surface area contributed by atoms with Crippen molar-refractivity contribution in [2.45, 2.75) is 52.1 Å². The molecule has 1 saturated carbocycles. The normalized spacial score (nSPS) is 25.5. The molecule has 1 nitrogen and oxygen atoms in total. The van der Waals surface area contributed by atoms with Gasteiger partial charge in [-0.2, -0.15) is 0 Å². The Morgan fingerprint density at radius 1 is 1.32 bits per heavy atom. The van der Waals surface area contributed by atoms with Gasteiger partial charge in [0.25, 0.3) is 0 Å². The molecular formula is C18H26O. The van der Waals surface area contributed by atoms with E-state index in [9.17, 15) is 5.11 Å². The molecule has 1 aromatic carbocycles. The number of aliphatic hydroxyl groups is 1. The summed E-state index contributed by atoms with van der Waals surface area (Å²) in [6.45, 7) is 4.52. The number of allylic oxidation sites excluding steroid dienone is 1. The first-order chi connectivity index (χ1) is 9.16. The number of rotatable bonds is 5. The van der Waals surface area contributed by atoms with Crippen molar-refractivity contribution in [3.63, 3.8) is 0 Å². The first-order valence-electron chi connectivity index (χ1n) is 7.55. The summed E-state index contributed by atoms with van der Waals surface area (Å²) in [5.74, 6) is 1.74. The van der Waals surface area contributed by atoms with Crippen molar-refractivity contribution in [1.82, 2.24) is 0 Å². The van der Waals surface area contributed by atoms with E-state index < -0.39 is 0 Å². The highest BCUT2D eigenvalue weighted by Crippen LogP contribution is 2.34. The molecule has 0 radical (unpaired) electrons. The molecule has 0 saturated heterocycles. The zero-order valence-corrected chi connectivity index (χ0v) is 12.2. The number of hydrogen-bond donors (Lipinski definition) is 1. The van der Waals surface area contributed by atoms with E-state index in [-0.39, 0.29) is 6.10 Å². The molecule has 0 bridgehead atoms. The minimum atomic E-state index is -0.363. The smallest absolute Gasteiger partial charge is 0.0827 e. The molecule has 104 valence electrons. The van der Waals surface area contributed by atoms with Gasteiger partial charge in [-0.05, 0) is 43.6 Å². The monoisotopic (exact) mass is 258 g/mol. The zero-order valence-electron chi connectivity index (χ0n) is 12.2. The Balaban J connectivity index is 1.84. The standard InChI is InChI=1S/C18H26O/c1-14(11-12-16-10-6-7-15(16)2)13-18(19)17-8-4-3-5-9-17/h3-5,8-9,11,15-16,18-19H,6-7,10,12-13H2,1-2H3/b14-11+. The highest BCUT2D eigenvalue weighted by Gasteiger charge is 2.22. The lowest BCUT2D eigenvalue weighted by molar-refractivity contribution is 0.178.